The molecule has 3 aliphatic rings. The molecule has 23 heteroatoms. The number of rotatable bonds is 10. The summed E-state index contributed by atoms with van der Waals surface area (Å²) in [6.45, 7) is -0.971. The summed E-state index contributed by atoms with van der Waals surface area (Å²) >= 11 is 0. The van der Waals surface area contributed by atoms with E-state index < -0.39 is 126 Å². The van der Waals surface area contributed by atoms with Crippen molar-refractivity contribution in [2.45, 2.75) is 99.0 Å². The van der Waals surface area contributed by atoms with Crippen LogP contribution in [0.3, 0.4) is 0 Å². The molecule has 0 aromatic carbocycles. The molecule has 3 aliphatic heterocycles. The highest BCUT2D eigenvalue weighted by molar-refractivity contribution is 7.81. The van der Waals surface area contributed by atoms with Crippen molar-refractivity contribution in [1.82, 2.24) is 0 Å². The van der Waals surface area contributed by atoms with Gasteiger partial charge in [0.05, 0.1) is 19.3 Å². The van der Waals surface area contributed by atoms with Gasteiger partial charge in [-0.05, 0) is 6.92 Å². The number of hydrogen-bond donors (Lipinski definition) is 10. The molecule has 10 N–H and O–H groups in total. The van der Waals surface area contributed by atoms with Crippen molar-refractivity contribution in [2.24, 2.45) is 0 Å². The zero-order valence-corrected chi connectivity index (χ0v) is 22.5. The van der Waals surface area contributed by atoms with Gasteiger partial charge in [0.15, 0.2) is 18.9 Å². The molecule has 15 atom stereocenters. The molecule has 3 heterocycles. The predicted molar refractivity (Wildman–Crippen MR) is 121 cm³/mol. The van der Waals surface area contributed by atoms with E-state index in [0.29, 0.717) is 0 Å². The topological polar surface area (TPSA) is 335 Å². The van der Waals surface area contributed by atoms with Crippen molar-refractivity contribution in [3.8, 4) is 0 Å². The van der Waals surface area contributed by atoms with Crippen LogP contribution >= 0.6 is 0 Å². The lowest BCUT2D eigenvalue weighted by Crippen LogP contribution is -2.66. The fourth-order valence-electron chi connectivity index (χ4n) is 4.26. The Morgan fingerprint density at radius 1 is 0.561 bits per heavy atom. The van der Waals surface area contributed by atoms with Crippen LogP contribution in [0.25, 0.3) is 0 Å². The van der Waals surface area contributed by atoms with E-state index in [2.05, 4.69) is 8.37 Å². The summed E-state index contributed by atoms with van der Waals surface area (Å²) in [5.74, 6) is 0. The van der Waals surface area contributed by atoms with Crippen LogP contribution < -0.4 is 0 Å². The van der Waals surface area contributed by atoms with Crippen LogP contribution in [0.5, 0.6) is 0 Å². The third-order valence-electron chi connectivity index (χ3n) is 6.46. The second-order valence-corrected chi connectivity index (χ2v) is 11.6. The van der Waals surface area contributed by atoms with Gasteiger partial charge in [-0.25, -0.2) is 8.37 Å². The first-order chi connectivity index (χ1) is 18.8. The standard InChI is InChI=1S/C18H32O21S2/c1-4-7(19)9(21)13(25)17(35-4)39-15-10(22)8(20)5(2-33-40(27,28)29)37-18(15)38-14-6(3-34-41(30,31)32)36-16(26)12(24)11(14)23/h4-26H,2-3H2,1H3,(H,27,28,29)(H,30,31,32)/t4-,5+,6+,7+,8-,9+,10-,11+,12+,13-,14+,15+,16+,17-,18-/m0/s1. The Morgan fingerprint density at radius 3 is 1.63 bits per heavy atom. The van der Waals surface area contributed by atoms with Gasteiger partial charge in [0, 0.05) is 0 Å². The van der Waals surface area contributed by atoms with Gasteiger partial charge in [-0.1, -0.05) is 0 Å². The van der Waals surface area contributed by atoms with Crippen LogP contribution in [0.2, 0.25) is 0 Å². The third kappa shape index (κ3) is 8.66. The summed E-state index contributed by atoms with van der Waals surface area (Å²) in [5.41, 5.74) is 0. The van der Waals surface area contributed by atoms with Gasteiger partial charge in [-0.2, -0.15) is 16.8 Å². The summed E-state index contributed by atoms with van der Waals surface area (Å²) in [7, 11) is -10.2. The van der Waals surface area contributed by atoms with Gasteiger partial charge < -0.3 is 64.5 Å². The average Bonchev–Trinajstić information content (AvgIpc) is 2.87. The minimum absolute atomic E-state index is 1.13. The normalized spacial score (nSPS) is 46.4. The summed E-state index contributed by atoms with van der Waals surface area (Å²) in [4.78, 5) is 0. The van der Waals surface area contributed by atoms with Crippen LogP contribution in [0, 0.1) is 0 Å². The van der Waals surface area contributed by atoms with E-state index >= 15 is 0 Å². The van der Waals surface area contributed by atoms with Crippen LogP contribution in [-0.4, -0.2) is 172 Å². The maximum atomic E-state index is 11.1. The Morgan fingerprint density at radius 2 is 1.07 bits per heavy atom. The largest absolute Gasteiger partial charge is 0.397 e. The second kappa shape index (κ2) is 13.5. The first-order valence-corrected chi connectivity index (χ1v) is 14.5. The monoisotopic (exact) mass is 648 g/mol. The van der Waals surface area contributed by atoms with Crippen LogP contribution in [0.1, 0.15) is 6.92 Å². The Labute approximate surface area is 232 Å². The molecule has 0 amide bonds. The van der Waals surface area contributed by atoms with E-state index in [1.165, 1.54) is 6.92 Å². The molecule has 3 rings (SSSR count). The molecule has 0 aliphatic carbocycles. The summed E-state index contributed by atoms with van der Waals surface area (Å²) in [6.07, 6.45) is -28.5. The van der Waals surface area contributed by atoms with Crippen molar-refractivity contribution in [3.05, 3.63) is 0 Å². The van der Waals surface area contributed by atoms with Crippen molar-refractivity contribution in [1.29, 1.82) is 0 Å². The summed E-state index contributed by atoms with van der Waals surface area (Å²) < 4.78 is 97.0. The molecule has 0 saturated carbocycles. The van der Waals surface area contributed by atoms with Gasteiger partial charge in [0.25, 0.3) is 0 Å². The SMILES string of the molecule is C[C@@H]1O[C@@H](O[C@H]2[C@H](O[C@H]3[C@H](O)[C@@H](O)[C@H](O)O[C@@H]3COS(=O)(=O)O)O[C@H](COS(=O)(=O)O)[C@H](O)[C@@H]2O)[C@@H](O)[C@H](O)[C@@H]1O. The van der Waals surface area contributed by atoms with Crippen LogP contribution in [-0.2, 0) is 52.8 Å². The molecule has 3 fully saturated rings. The first kappa shape index (κ1) is 34.7. The highest BCUT2D eigenvalue weighted by Gasteiger charge is 2.54. The first-order valence-electron chi connectivity index (χ1n) is 11.8. The molecule has 0 aromatic rings. The number of ether oxygens (including phenoxy) is 5. The van der Waals surface area contributed by atoms with Crippen LogP contribution in [0.4, 0.5) is 0 Å². The van der Waals surface area contributed by atoms with Crippen LogP contribution in [0.15, 0.2) is 0 Å². The van der Waals surface area contributed by atoms with Gasteiger partial charge >= 0.3 is 20.8 Å². The summed E-state index contributed by atoms with van der Waals surface area (Å²) in [5, 5.41) is 82.0. The molecule has 0 aromatic heterocycles. The smallest absolute Gasteiger partial charge is 0.388 e. The Bertz CT molecular complexity index is 1070. The van der Waals surface area contributed by atoms with E-state index in [9.17, 15) is 57.7 Å². The van der Waals surface area contributed by atoms with E-state index in [-0.39, 0.29) is 0 Å². The van der Waals surface area contributed by atoms with Gasteiger partial charge in [0.2, 0.25) is 0 Å². The lowest BCUT2D eigenvalue weighted by atomic mass is 9.96. The van der Waals surface area contributed by atoms with Crippen molar-refractivity contribution < 1.29 is 98.8 Å². The molecule has 0 unspecified atom stereocenters. The number of hydrogen-bond acceptors (Lipinski definition) is 19. The fourth-order valence-corrected chi connectivity index (χ4v) is 4.87. The summed E-state index contributed by atoms with van der Waals surface area (Å²) in [6, 6.07) is 0. The molecule has 0 radical (unpaired) electrons. The second-order valence-electron chi connectivity index (χ2n) is 9.38. The van der Waals surface area contributed by atoms with Crippen molar-refractivity contribution >= 4 is 20.8 Å². The quantitative estimate of drug-likeness (QED) is 0.0983. The lowest BCUT2D eigenvalue weighted by Gasteiger charge is -2.48. The third-order valence-corrected chi connectivity index (χ3v) is 7.33. The minimum Gasteiger partial charge on any atom is -0.388 e. The Kier molecular flexibility index (Phi) is 11.4. The van der Waals surface area contributed by atoms with E-state index in [1.807, 2.05) is 0 Å². The molecule has 3 saturated heterocycles. The number of aliphatic hydroxyl groups excluding tert-OH is 8. The Balaban J connectivity index is 1.91. The predicted octanol–water partition coefficient (Wildman–Crippen LogP) is -6.89. The van der Waals surface area contributed by atoms with Crippen molar-refractivity contribution in [2.75, 3.05) is 13.2 Å². The minimum atomic E-state index is -5.10. The molecule has 0 spiro atoms. The molecular formula is C18H32O21S2. The average molecular weight is 649 g/mol. The molecular weight excluding hydrogens is 616 g/mol. The zero-order valence-electron chi connectivity index (χ0n) is 20.9. The molecule has 0 bridgehead atoms. The fraction of sp³-hybridized carbons (Fsp3) is 1.00. The van der Waals surface area contributed by atoms with Gasteiger partial charge in [-0.15, -0.1) is 0 Å². The number of aliphatic hydroxyl groups is 8. The highest BCUT2D eigenvalue weighted by atomic mass is 32.3. The van der Waals surface area contributed by atoms with E-state index in [1.54, 1.807) is 0 Å². The van der Waals surface area contributed by atoms with E-state index in [0.717, 1.165) is 0 Å². The zero-order chi connectivity index (χ0) is 31.0. The molecule has 21 nitrogen and oxygen atoms in total. The molecule has 41 heavy (non-hydrogen) atoms. The maximum Gasteiger partial charge on any atom is 0.397 e. The van der Waals surface area contributed by atoms with Gasteiger partial charge in [-0.3, -0.25) is 9.11 Å². The van der Waals surface area contributed by atoms with Gasteiger partial charge in [0.1, 0.15) is 67.1 Å². The van der Waals surface area contributed by atoms with E-state index in [4.69, 9.17) is 32.8 Å². The lowest BCUT2D eigenvalue weighted by molar-refractivity contribution is -0.385. The van der Waals surface area contributed by atoms with Crippen molar-refractivity contribution in [3.63, 3.8) is 0 Å². The highest BCUT2D eigenvalue weighted by Crippen LogP contribution is 2.33. The maximum absolute atomic E-state index is 11.1. The Hall–Kier alpha value is -0.780. The molecule has 242 valence electrons.